The number of aliphatic carboxylic acids is 1. The van der Waals surface area contributed by atoms with Crippen LogP contribution in [0.15, 0.2) is 48.5 Å². The number of carbonyl (C=O) groups is 2. The van der Waals surface area contributed by atoms with E-state index in [1.807, 2.05) is 48.5 Å². The fraction of sp³-hybridized carbons (Fsp3) is 0.391. The molecule has 1 fully saturated rings. The zero-order chi connectivity index (χ0) is 21.3. The van der Waals surface area contributed by atoms with Crippen LogP contribution in [0.25, 0.3) is 11.1 Å². The topological polar surface area (TPSA) is 84.9 Å². The number of halogens is 1. The number of benzene rings is 2. The van der Waals surface area contributed by atoms with Crippen LogP contribution in [-0.2, 0) is 14.3 Å². The predicted octanol–water partition coefficient (Wildman–Crippen LogP) is 5.46. The minimum Gasteiger partial charge on any atom is -0.480 e. The lowest BCUT2D eigenvalue weighted by molar-refractivity contribution is -0.142. The van der Waals surface area contributed by atoms with E-state index in [4.69, 9.17) is 26.2 Å². The third-order valence-electron chi connectivity index (χ3n) is 5.31. The van der Waals surface area contributed by atoms with E-state index >= 15 is 0 Å². The van der Waals surface area contributed by atoms with Crippen LogP contribution in [-0.4, -0.2) is 37.0 Å². The Kier molecular flexibility index (Phi) is 8.11. The minimum absolute atomic E-state index is 0.249. The Hall–Kier alpha value is -2.57. The highest BCUT2D eigenvalue weighted by molar-refractivity contribution is 6.30. The Morgan fingerprint density at radius 3 is 2.27 bits per heavy atom. The summed E-state index contributed by atoms with van der Waals surface area (Å²) in [6, 6.07) is 15.0. The Labute approximate surface area is 181 Å². The average Bonchev–Trinajstić information content (AvgIpc) is 2.74. The Balaban J connectivity index is 1.45. The van der Waals surface area contributed by atoms with Crippen LogP contribution in [0, 0.1) is 11.8 Å². The summed E-state index contributed by atoms with van der Waals surface area (Å²) in [5, 5.41) is 12.1. The quantitative estimate of drug-likeness (QED) is 0.579. The van der Waals surface area contributed by atoms with Gasteiger partial charge in [-0.25, -0.2) is 9.59 Å². The first-order valence-corrected chi connectivity index (χ1v) is 10.5. The van der Waals surface area contributed by atoms with Crippen LogP contribution >= 0.6 is 11.6 Å². The summed E-state index contributed by atoms with van der Waals surface area (Å²) in [5.74, 6) is -0.251. The zero-order valence-electron chi connectivity index (χ0n) is 16.7. The van der Waals surface area contributed by atoms with E-state index in [1.165, 1.54) is 0 Å². The number of anilines is 1. The van der Waals surface area contributed by atoms with E-state index in [9.17, 15) is 9.59 Å². The van der Waals surface area contributed by atoms with Gasteiger partial charge in [-0.15, -0.1) is 0 Å². The molecule has 2 N–H and O–H groups in total. The molecule has 0 radical (unpaired) electrons. The van der Waals surface area contributed by atoms with E-state index in [-0.39, 0.29) is 6.61 Å². The van der Waals surface area contributed by atoms with Crippen molar-refractivity contribution in [3.05, 3.63) is 53.6 Å². The van der Waals surface area contributed by atoms with Crippen LogP contribution in [0.3, 0.4) is 0 Å². The molecule has 1 aliphatic carbocycles. The van der Waals surface area contributed by atoms with Gasteiger partial charge in [-0.05, 0) is 61.3 Å². The van der Waals surface area contributed by atoms with Gasteiger partial charge in [0.25, 0.3) is 0 Å². The third-order valence-corrected chi connectivity index (χ3v) is 5.57. The number of nitrogens with one attached hydrogen (secondary N) is 1. The predicted molar refractivity (Wildman–Crippen MR) is 116 cm³/mol. The van der Waals surface area contributed by atoms with Crippen LogP contribution in [0.5, 0.6) is 0 Å². The van der Waals surface area contributed by atoms with Gasteiger partial charge in [0.05, 0.1) is 18.9 Å². The van der Waals surface area contributed by atoms with Crippen molar-refractivity contribution in [1.29, 1.82) is 0 Å². The fourth-order valence-electron chi connectivity index (χ4n) is 3.69. The minimum atomic E-state index is -0.944. The molecule has 0 aromatic heterocycles. The second-order valence-corrected chi connectivity index (χ2v) is 8.01. The summed E-state index contributed by atoms with van der Waals surface area (Å²) in [6.45, 7) is 0.597. The van der Waals surface area contributed by atoms with Crippen molar-refractivity contribution < 1.29 is 24.2 Å². The second-order valence-electron chi connectivity index (χ2n) is 7.57. The lowest BCUT2D eigenvalue weighted by Crippen LogP contribution is -2.25. The van der Waals surface area contributed by atoms with E-state index < -0.39 is 12.1 Å². The van der Waals surface area contributed by atoms with Gasteiger partial charge in [-0.3, -0.25) is 5.32 Å². The number of hydrogen-bond donors (Lipinski definition) is 2. The molecule has 160 valence electrons. The molecular weight excluding hydrogens is 406 g/mol. The maximum Gasteiger partial charge on any atom is 0.411 e. The molecule has 0 bridgehead atoms. The highest BCUT2D eigenvalue weighted by Gasteiger charge is 2.23. The fourth-order valence-corrected chi connectivity index (χ4v) is 3.82. The maximum absolute atomic E-state index is 12.3. The smallest absolute Gasteiger partial charge is 0.411 e. The van der Waals surface area contributed by atoms with Crippen LogP contribution in [0.1, 0.15) is 25.7 Å². The molecule has 0 atom stereocenters. The summed E-state index contributed by atoms with van der Waals surface area (Å²) in [7, 11) is 0. The first kappa shape index (κ1) is 22.1. The normalized spacial score (nSPS) is 18.6. The Morgan fingerprint density at radius 1 is 0.967 bits per heavy atom. The summed E-state index contributed by atoms with van der Waals surface area (Å²) < 4.78 is 10.6. The molecule has 0 unspecified atom stereocenters. The van der Waals surface area contributed by atoms with Crippen LogP contribution < -0.4 is 5.32 Å². The number of carboxylic acids is 1. The third kappa shape index (κ3) is 6.75. The van der Waals surface area contributed by atoms with Crippen molar-refractivity contribution in [2.45, 2.75) is 25.7 Å². The van der Waals surface area contributed by atoms with Crippen molar-refractivity contribution >= 4 is 29.4 Å². The van der Waals surface area contributed by atoms with Crippen molar-refractivity contribution in [3.8, 4) is 11.1 Å². The first-order chi connectivity index (χ1) is 14.5. The summed E-state index contributed by atoms with van der Waals surface area (Å²) in [5.41, 5.74) is 2.54. The summed E-state index contributed by atoms with van der Waals surface area (Å²) >= 11 is 5.96. The van der Waals surface area contributed by atoms with Crippen LogP contribution in [0.4, 0.5) is 10.5 Å². The monoisotopic (exact) mass is 431 g/mol. The molecule has 1 saturated carbocycles. The number of amides is 1. The Morgan fingerprint density at radius 2 is 1.60 bits per heavy atom. The zero-order valence-corrected chi connectivity index (χ0v) is 17.4. The number of para-hydroxylation sites is 1. The summed E-state index contributed by atoms with van der Waals surface area (Å²) in [6.07, 6.45) is 3.32. The molecule has 2 aromatic carbocycles. The number of carbonyl (C=O) groups excluding carboxylic acids is 1. The van der Waals surface area contributed by atoms with Crippen molar-refractivity contribution in [1.82, 2.24) is 0 Å². The highest BCUT2D eigenvalue weighted by Crippen LogP contribution is 2.30. The van der Waals surface area contributed by atoms with Gasteiger partial charge in [0.15, 0.2) is 0 Å². The molecular formula is C23H26ClNO5. The van der Waals surface area contributed by atoms with E-state index in [2.05, 4.69) is 5.32 Å². The van der Waals surface area contributed by atoms with Gasteiger partial charge in [-0.2, -0.15) is 0 Å². The number of hydrogen-bond acceptors (Lipinski definition) is 4. The largest absolute Gasteiger partial charge is 0.480 e. The van der Waals surface area contributed by atoms with Crippen LogP contribution in [0.2, 0.25) is 5.02 Å². The van der Waals surface area contributed by atoms with Crippen molar-refractivity contribution in [2.75, 3.05) is 25.1 Å². The van der Waals surface area contributed by atoms with Crippen molar-refractivity contribution in [2.24, 2.45) is 11.8 Å². The molecule has 1 amide bonds. The van der Waals surface area contributed by atoms with E-state index in [0.717, 1.165) is 36.8 Å². The van der Waals surface area contributed by atoms with Gasteiger partial charge in [-0.1, -0.05) is 41.9 Å². The molecule has 0 saturated heterocycles. The molecule has 2 aromatic rings. The number of ether oxygens (including phenoxy) is 2. The lowest BCUT2D eigenvalue weighted by atomic mass is 9.83. The molecule has 0 heterocycles. The molecule has 0 aliphatic heterocycles. The SMILES string of the molecule is O=C(O)COCC1CCC(COC(=O)Nc2ccccc2-c2ccc(Cl)cc2)CC1. The Bertz CT molecular complexity index is 847. The van der Waals surface area contributed by atoms with Gasteiger partial charge >= 0.3 is 12.1 Å². The standard InChI is InChI=1S/C23H26ClNO5/c24-19-11-9-18(10-12-19)20-3-1-2-4-21(20)25-23(28)30-14-17-7-5-16(6-8-17)13-29-15-22(26)27/h1-4,9-12,16-17H,5-8,13-15H2,(H,25,28)(H,26,27). The van der Waals surface area contributed by atoms with E-state index in [0.29, 0.717) is 35.8 Å². The summed E-state index contributed by atoms with van der Waals surface area (Å²) in [4.78, 5) is 22.8. The average molecular weight is 432 g/mol. The molecule has 6 nitrogen and oxygen atoms in total. The lowest BCUT2D eigenvalue weighted by Gasteiger charge is -2.27. The second kappa shape index (κ2) is 11.0. The van der Waals surface area contributed by atoms with Crippen molar-refractivity contribution in [3.63, 3.8) is 0 Å². The molecule has 0 spiro atoms. The molecule has 1 aliphatic rings. The maximum atomic E-state index is 12.3. The highest BCUT2D eigenvalue weighted by atomic mass is 35.5. The molecule has 3 rings (SSSR count). The van der Waals surface area contributed by atoms with E-state index in [1.54, 1.807) is 0 Å². The molecule has 30 heavy (non-hydrogen) atoms. The number of rotatable bonds is 8. The van der Waals surface area contributed by atoms with Gasteiger partial charge in [0.2, 0.25) is 0 Å². The van der Waals surface area contributed by atoms with Gasteiger partial charge in [0.1, 0.15) is 6.61 Å². The van der Waals surface area contributed by atoms with Gasteiger partial charge < -0.3 is 14.6 Å². The first-order valence-electron chi connectivity index (χ1n) is 10.1. The molecule has 7 heteroatoms. The number of carboxylic acid groups (broad SMARTS) is 1. The van der Waals surface area contributed by atoms with Gasteiger partial charge in [0, 0.05) is 10.6 Å².